The van der Waals surface area contributed by atoms with Crippen LogP contribution < -0.4 is 10.2 Å². The van der Waals surface area contributed by atoms with Crippen LogP contribution in [0.5, 0.6) is 5.75 Å². The predicted octanol–water partition coefficient (Wildman–Crippen LogP) is 4.68. The van der Waals surface area contributed by atoms with Gasteiger partial charge < -0.3 is 19.0 Å². The number of rotatable bonds is 5. The molecule has 0 spiro atoms. The largest absolute Gasteiger partial charge is 0.496 e. The van der Waals surface area contributed by atoms with E-state index in [1.807, 2.05) is 32.3 Å². The predicted molar refractivity (Wildman–Crippen MR) is 117 cm³/mol. The zero-order valence-electron chi connectivity index (χ0n) is 16.3. The van der Waals surface area contributed by atoms with Crippen molar-refractivity contribution in [2.45, 2.75) is 6.54 Å². The first kappa shape index (κ1) is 19.4. The fourth-order valence-corrected chi connectivity index (χ4v) is 3.93. The van der Waals surface area contributed by atoms with Gasteiger partial charge in [0.2, 0.25) is 5.43 Å². The second kappa shape index (κ2) is 7.85. The molecule has 0 aliphatic rings. The van der Waals surface area contributed by atoms with Gasteiger partial charge in [0.25, 0.3) is 0 Å². The lowest BCUT2D eigenvalue weighted by Crippen LogP contribution is -2.11. The molecule has 0 aliphatic heterocycles. The number of hydrogen-bond acceptors (Lipinski definition) is 5. The third-order valence-electron chi connectivity index (χ3n) is 4.68. The van der Waals surface area contributed by atoms with Crippen molar-refractivity contribution in [1.29, 1.82) is 0 Å². The normalized spacial score (nSPS) is 11.3. The van der Waals surface area contributed by atoms with Crippen LogP contribution in [0.1, 0.15) is 5.56 Å². The molecule has 2 aromatic carbocycles. The van der Waals surface area contributed by atoms with Crippen LogP contribution >= 0.6 is 15.9 Å². The van der Waals surface area contributed by atoms with E-state index in [4.69, 9.17) is 9.15 Å². The molecule has 29 heavy (non-hydrogen) atoms. The Bertz CT molecular complexity index is 1230. The summed E-state index contributed by atoms with van der Waals surface area (Å²) in [4.78, 5) is 22.6. The van der Waals surface area contributed by atoms with E-state index in [0.29, 0.717) is 32.4 Å². The van der Waals surface area contributed by atoms with E-state index in [1.54, 1.807) is 19.4 Å². The van der Waals surface area contributed by atoms with Gasteiger partial charge in [0.1, 0.15) is 5.75 Å². The molecule has 1 N–H and O–H groups in total. The summed E-state index contributed by atoms with van der Waals surface area (Å²) in [6.07, 6.45) is 2.94. The van der Waals surface area contributed by atoms with Crippen LogP contribution in [0.3, 0.4) is 0 Å². The van der Waals surface area contributed by atoms with Crippen LogP contribution in [-0.4, -0.2) is 36.1 Å². The number of ether oxygens (including phenoxy) is 1. The first-order valence-electron chi connectivity index (χ1n) is 9.04. The number of H-pyrrole nitrogens is 1. The Morgan fingerprint density at radius 2 is 2.07 bits per heavy atom. The Morgan fingerprint density at radius 3 is 2.76 bits per heavy atom. The number of fused-ring (bicyclic) bond motifs is 1. The highest BCUT2D eigenvalue weighted by Crippen LogP contribution is 2.35. The van der Waals surface area contributed by atoms with Gasteiger partial charge in [-0.1, -0.05) is 18.2 Å². The van der Waals surface area contributed by atoms with E-state index in [2.05, 4.69) is 42.9 Å². The number of oxazole rings is 1. The number of methoxy groups -OCH3 is 1. The summed E-state index contributed by atoms with van der Waals surface area (Å²) in [5.41, 5.74) is 4.10. The molecule has 0 saturated heterocycles. The highest BCUT2D eigenvalue weighted by atomic mass is 79.9. The van der Waals surface area contributed by atoms with Crippen LogP contribution in [0, 0.1) is 0 Å². The third-order valence-corrected chi connectivity index (χ3v) is 5.43. The third kappa shape index (κ3) is 3.71. The second-order valence-corrected chi connectivity index (χ2v) is 7.84. The van der Waals surface area contributed by atoms with E-state index >= 15 is 0 Å². The minimum absolute atomic E-state index is 0.102. The second-order valence-electron chi connectivity index (χ2n) is 7.05. The van der Waals surface area contributed by atoms with Crippen LogP contribution in [-0.2, 0) is 6.54 Å². The highest BCUT2D eigenvalue weighted by molar-refractivity contribution is 9.10. The van der Waals surface area contributed by atoms with Crippen molar-refractivity contribution >= 4 is 26.8 Å². The molecular formula is C22H20BrN3O3. The Kier molecular flexibility index (Phi) is 5.25. The molecule has 0 bridgehead atoms. The molecule has 0 saturated carbocycles. The standard InChI is InChI=1S/C22H20BrN3O3/c1-26(2)11-13-5-4-6-14(7-13)21-20(23)22(27)15-8-16(19-10-24-12-29-19)18(28-3)9-17(15)25-21/h4-10,12H,11H2,1-3H3,(H,25,27). The van der Waals surface area contributed by atoms with Crippen molar-refractivity contribution in [3.8, 4) is 28.3 Å². The molecule has 0 unspecified atom stereocenters. The molecule has 0 atom stereocenters. The first-order valence-corrected chi connectivity index (χ1v) is 9.83. The number of pyridine rings is 1. The number of aromatic amines is 1. The molecule has 2 heterocycles. The van der Waals surface area contributed by atoms with E-state index in [0.717, 1.165) is 17.8 Å². The summed E-state index contributed by atoms with van der Waals surface area (Å²) in [6, 6.07) is 11.7. The van der Waals surface area contributed by atoms with Gasteiger partial charge in [-0.2, -0.15) is 0 Å². The quantitative estimate of drug-likeness (QED) is 0.474. The summed E-state index contributed by atoms with van der Waals surface area (Å²) in [5, 5.41) is 0.539. The first-order chi connectivity index (χ1) is 14.0. The number of nitrogens with zero attached hydrogens (tertiary/aromatic N) is 2. The molecular weight excluding hydrogens is 434 g/mol. The van der Waals surface area contributed by atoms with Gasteiger partial charge in [-0.15, -0.1) is 0 Å². The maximum atomic E-state index is 13.1. The van der Waals surface area contributed by atoms with E-state index in [-0.39, 0.29) is 5.43 Å². The molecule has 4 rings (SSSR count). The van der Waals surface area contributed by atoms with Crippen molar-refractivity contribution in [2.24, 2.45) is 0 Å². The van der Waals surface area contributed by atoms with Gasteiger partial charge in [0, 0.05) is 18.0 Å². The molecule has 0 aliphatic carbocycles. The summed E-state index contributed by atoms with van der Waals surface area (Å²) in [7, 11) is 5.64. The maximum absolute atomic E-state index is 13.1. The van der Waals surface area contributed by atoms with Gasteiger partial charge in [0.15, 0.2) is 12.2 Å². The zero-order valence-corrected chi connectivity index (χ0v) is 17.9. The smallest absolute Gasteiger partial charge is 0.204 e. The summed E-state index contributed by atoms with van der Waals surface area (Å²) >= 11 is 3.50. The Balaban J connectivity index is 1.91. The van der Waals surface area contributed by atoms with Crippen LogP contribution in [0.15, 0.2) is 62.7 Å². The van der Waals surface area contributed by atoms with Crippen LogP contribution in [0.2, 0.25) is 0 Å². The summed E-state index contributed by atoms with van der Waals surface area (Å²) in [6.45, 7) is 0.817. The molecule has 148 valence electrons. The van der Waals surface area contributed by atoms with E-state index in [1.165, 1.54) is 12.0 Å². The molecule has 0 fully saturated rings. The maximum Gasteiger partial charge on any atom is 0.204 e. The summed E-state index contributed by atoms with van der Waals surface area (Å²) < 4.78 is 11.4. The number of aromatic nitrogens is 2. The van der Waals surface area contributed by atoms with Gasteiger partial charge in [-0.25, -0.2) is 4.98 Å². The number of hydrogen-bond donors (Lipinski definition) is 1. The van der Waals surface area contributed by atoms with E-state index in [9.17, 15) is 4.79 Å². The lowest BCUT2D eigenvalue weighted by Gasteiger charge is -2.13. The number of halogens is 1. The van der Waals surface area contributed by atoms with Gasteiger partial charge in [-0.3, -0.25) is 4.79 Å². The van der Waals surface area contributed by atoms with Gasteiger partial charge in [0.05, 0.1) is 34.6 Å². The van der Waals surface area contributed by atoms with Crippen molar-refractivity contribution in [3.63, 3.8) is 0 Å². The van der Waals surface area contributed by atoms with Crippen molar-refractivity contribution < 1.29 is 9.15 Å². The van der Waals surface area contributed by atoms with E-state index < -0.39 is 0 Å². The minimum Gasteiger partial charge on any atom is -0.496 e. The van der Waals surface area contributed by atoms with Gasteiger partial charge in [-0.05, 0) is 53.3 Å². The fraction of sp³-hybridized carbons (Fsp3) is 0.182. The Labute approximate surface area is 176 Å². The van der Waals surface area contributed by atoms with Crippen molar-refractivity contribution in [2.75, 3.05) is 21.2 Å². The molecule has 4 aromatic rings. The van der Waals surface area contributed by atoms with Crippen LogP contribution in [0.25, 0.3) is 33.5 Å². The van der Waals surface area contributed by atoms with Crippen LogP contribution in [0.4, 0.5) is 0 Å². The van der Waals surface area contributed by atoms with Crippen molar-refractivity contribution in [3.05, 3.63) is 69.2 Å². The van der Waals surface area contributed by atoms with Crippen molar-refractivity contribution in [1.82, 2.24) is 14.9 Å². The number of nitrogens with one attached hydrogen (secondary N) is 1. The summed E-state index contributed by atoms with van der Waals surface area (Å²) in [5.74, 6) is 1.14. The topological polar surface area (TPSA) is 71.4 Å². The minimum atomic E-state index is -0.102. The average molecular weight is 454 g/mol. The monoisotopic (exact) mass is 453 g/mol. The molecule has 0 radical (unpaired) electrons. The molecule has 2 aromatic heterocycles. The average Bonchev–Trinajstić information content (AvgIpc) is 3.24. The Hall–Kier alpha value is -2.90. The lowest BCUT2D eigenvalue weighted by atomic mass is 10.0. The number of benzene rings is 2. The molecule has 7 heteroatoms. The molecule has 0 amide bonds. The SMILES string of the molecule is COc1cc2[nH]c(-c3cccc(CN(C)C)c3)c(Br)c(=O)c2cc1-c1cnco1. The zero-order chi connectivity index (χ0) is 20.5. The Morgan fingerprint density at radius 1 is 1.24 bits per heavy atom. The lowest BCUT2D eigenvalue weighted by molar-refractivity contribution is 0.402. The van der Waals surface area contributed by atoms with Gasteiger partial charge >= 0.3 is 0 Å². The highest BCUT2D eigenvalue weighted by Gasteiger charge is 2.17. The molecule has 6 nitrogen and oxygen atoms in total. The fourth-order valence-electron chi connectivity index (χ4n) is 3.39.